The lowest BCUT2D eigenvalue weighted by Gasteiger charge is -2.46. The third kappa shape index (κ3) is 3.87. The van der Waals surface area contributed by atoms with Crippen molar-refractivity contribution in [3.05, 3.63) is 11.8 Å². The summed E-state index contributed by atoms with van der Waals surface area (Å²) in [7, 11) is 3.43. The van der Waals surface area contributed by atoms with Crippen molar-refractivity contribution in [3.8, 4) is 0 Å². The number of carbonyl (C=O) groups excluding carboxylic acids is 2. The fourth-order valence-electron chi connectivity index (χ4n) is 3.31. The number of ether oxygens (including phenoxy) is 2. The Morgan fingerprint density at radius 1 is 1.41 bits per heavy atom. The Kier molecular flexibility index (Phi) is 5.97. The second-order valence-corrected chi connectivity index (χ2v) is 6.04. The summed E-state index contributed by atoms with van der Waals surface area (Å²) in [4.78, 5) is 25.6. The topological polar surface area (TPSA) is 67.9 Å². The van der Waals surface area contributed by atoms with E-state index in [9.17, 15) is 9.59 Å². The molecule has 0 radical (unpaired) electrons. The normalized spacial score (nSPS) is 24.7. The first-order valence-electron chi connectivity index (χ1n) is 7.90. The molecule has 1 atom stereocenters. The van der Waals surface area contributed by atoms with Crippen LogP contribution in [0.4, 0.5) is 0 Å². The number of likely N-dealkylation sites (tertiary alicyclic amines) is 1. The molecule has 6 heteroatoms. The van der Waals surface area contributed by atoms with Crippen LogP contribution in [-0.2, 0) is 19.1 Å². The van der Waals surface area contributed by atoms with Gasteiger partial charge < -0.3 is 19.7 Å². The first-order chi connectivity index (χ1) is 10.6. The number of nitrogens with one attached hydrogen (secondary N) is 1. The van der Waals surface area contributed by atoms with Crippen molar-refractivity contribution in [2.75, 3.05) is 40.5 Å². The van der Waals surface area contributed by atoms with Crippen molar-refractivity contribution in [3.63, 3.8) is 0 Å². The molecule has 1 saturated heterocycles. The lowest BCUT2D eigenvalue weighted by molar-refractivity contribution is -0.132. The number of methoxy groups -OCH3 is 1. The third-order valence-electron chi connectivity index (χ3n) is 4.58. The van der Waals surface area contributed by atoms with Gasteiger partial charge in [-0.25, -0.2) is 0 Å². The van der Waals surface area contributed by atoms with E-state index in [1.165, 1.54) is 0 Å². The van der Waals surface area contributed by atoms with Crippen LogP contribution in [0.5, 0.6) is 0 Å². The van der Waals surface area contributed by atoms with E-state index in [-0.39, 0.29) is 23.8 Å². The number of allylic oxidation sites excluding steroid dienone is 1. The van der Waals surface area contributed by atoms with Crippen molar-refractivity contribution in [2.24, 2.45) is 5.41 Å². The summed E-state index contributed by atoms with van der Waals surface area (Å²) < 4.78 is 10.1. The highest BCUT2D eigenvalue weighted by atomic mass is 16.5. The second-order valence-electron chi connectivity index (χ2n) is 6.04. The molecule has 22 heavy (non-hydrogen) atoms. The minimum absolute atomic E-state index is 0.0489. The number of hydrogen-bond donors (Lipinski definition) is 1. The summed E-state index contributed by atoms with van der Waals surface area (Å²) in [6, 6.07) is 0. The highest BCUT2D eigenvalue weighted by molar-refractivity contribution is 5.80. The Labute approximate surface area is 131 Å². The largest absolute Gasteiger partial charge is 0.382 e. The van der Waals surface area contributed by atoms with E-state index < -0.39 is 0 Å². The smallest absolute Gasteiger partial charge is 0.246 e. The highest BCUT2D eigenvalue weighted by Crippen LogP contribution is 2.45. The summed E-state index contributed by atoms with van der Waals surface area (Å²) in [6.07, 6.45) is 6.64. The van der Waals surface area contributed by atoms with Crippen molar-refractivity contribution in [1.82, 2.24) is 10.2 Å². The summed E-state index contributed by atoms with van der Waals surface area (Å²) >= 11 is 0. The van der Waals surface area contributed by atoms with Gasteiger partial charge in [-0.05, 0) is 25.7 Å². The van der Waals surface area contributed by atoms with Gasteiger partial charge in [0.15, 0.2) is 0 Å². The van der Waals surface area contributed by atoms with Crippen LogP contribution in [-0.4, -0.2) is 57.2 Å². The standard InChI is InChI=1S/C16H26N2O4/c1-18-13-5-3-4-7-16(13,8-6-15(18)20)12-17-14(19)11-22-10-9-21-2/h5H,3-4,6-12H2,1-2H3,(H,17,19). The molecule has 0 saturated carbocycles. The average molecular weight is 310 g/mol. The molecule has 1 aliphatic carbocycles. The maximum atomic E-state index is 11.9. The minimum atomic E-state index is -0.116. The van der Waals surface area contributed by atoms with Crippen LogP contribution in [0.15, 0.2) is 11.8 Å². The monoisotopic (exact) mass is 310 g/mol. The quantitative estimate of drug-likeness (QED) is 0.714. The lowest BCUT2D eigenvalue weighted by atomic mass is 9.70. The number of carbonyl (C=O) groups is 2. The van der Waals surface area contributed by atoms with Gasteiger partial charge in [0, 0.05) is 38.2 Å². The van der Waals surface area contributed by atoms with Crippen LogP contribution in [0.25, 0.3) is 0 Å². The van der Waals surface area contributed by atoms with Crippen molar-refractivity contribution in [2.45, 2.75) is 32.1 Å². The maximum absolute atomic E-state index is 11.9. The zero-order valence-corrected chi connectivity index (χ0v) is 13.5. The maximum Gasteiger partial charge on any atom is 0.246 e. The predicted molar refractivity (Wildman–Crippen MR) is 82.1 cm³/mol. The van der Waals surface area contributed by atoms with E-state index in [0.29, 0.717) is 26.2 Å². The zero-order chi connectivity index (χ0) is 16.0. The van der Waals surface area contributed by atoms with Gasteiger partial charge in [-0.2, -0.15) is 0 Å². The first-order valence-corrected chi connectivity index (χ1v) is 7.90. The number of amides is 2. The Hall–Kier alpha value is -1.40. The van der Waals surface area contributed by atoms with E-state index in [4.69, 9.17) is 9.47 Å². The number of fused-ring (bicyclic) bond motifs is 1. The minimum Gasteiger partial charge on any atom is -0.382 e. The third-order valence-corrected chi connectivity index (χ3v) is 4.58. The number of nitrogens with zero attached hydrogens (tertiary/aromatic N) is 1. The Bertz CT molecular complexity index is 449. The van der Waals surface area contributed by atoms with Crippen LogP contribution in [0, 0.1) is 5.41 Å². The molecule has 2 rings (SSSR count). The molecule has 0 spiro atoms. The molecule has 1 fully saturated rings. The van der Waals surface area contributed by atoms with Crippen molar-refractivity contribution >= 4 is 11.8 Å². The second kappa shape index (κ2) is 7.74. The fraction of sp³-hybridized carbons (Fsp3) is 0.750. The van der Waals surface area contributed by atoms with Gasteiger partial charge in [-0.3, -0.25) is 9.59 Å². The zero-order valence-electron chi connectivity index (χ0n) is 13.5. The molecule has 1 unspecified atom stereocenters. The summed E-state index contributed by atoms with van der Waals surface area (Å²) in [5.74, 6) is 0.0490. The molecule has 2 aliphatic rings. The summed E-state index contributed by atoms with van der Waals surface area (Å²) in [5, 5.41) is 2.97. The Morgan fingerprint density at radius 2 is 2.23 bits per heavy atom. The molecule has 1 N–H and O–H groups in total. The Balaban J connectivity index is 1.89. The van der Waals surface area contributed by atoms with Crippen LogP contribution in [0.2, 0.25) is 0 Å². The molecule has 1 heterocycles. The molecular formula is C16H26N2O4. The van der Waals surface area contributed by atoms with E-state index in [0.717, 1.165) is 31.4 Å². The average Bonchev–Trinajstić information content (AvgIpc) is 2.54. The highest BCUT2D eigenvalue weighted by Gasteiger charge is 2.43. The predicted octanol–water partition coefficient (Wildman–Crippen LogP) is 1.07. The van der Waals surface area contributed by atoms with Gasteiger partial charge in [0.1, 0.15) is 6.61 Å². The van der Waals surface area contributed by atoms with Gasteiger partial charge in [-0.1, -0.05) is 6.08 Å². The Morgan fingerprint density at radius 3 is 3.00 bits per heavy atom. The number of hydrogen-bond acceptors (Lipinski definition) is 4. The molecule has 0 aromatic rings. The van der Waals surface area contributed by atoms with Crippen LogP contribution >= 0.6 is 0 Å². The fourth-order valence-corrected chi connectivity index (χ4v) is 3.31. The van der Waals surface area contributed by atoms with E-state index in [1.54, 1.807) is 12.0 Å². The molecule has 1 aliphatic heterocycles. The van der Waals surface area contributed by atoms with E-state index in [2.05, 4.69) is 11.4 Å². The molecule has 0 aromatic carbocycles. The van der Waals surface area contributed by atoms with Crippen molar-refractivity contribution < 1.29 is 19.1 Å². The van der Waals surface area contributed by atoms with Crippen LogP contribution in [0.3, 0.4) is 0 Å². The van der Waals surface area contributed by atoms with Gasteiger partial charge in [-0.15, -0.1) is 0 Å². The molecule has 0 aromatic heterocycles. The number of rotatable bonds is 7. The van der Waals surface area contributed by atoms with Crippen LogP contribution in [0.1, 0.15) is 32.1 Å². The summed E-state index contributed by atoms with van der Waals surface area (Å²) in [6.45, 7) is 1.52. The molecule has 124 valence electrons. The van der Waals surface area contributed by atoms with Crippen molar-refractivity contribution in [1.29, 1.82) is 0 Å². The molecule has 6 nitrogen and oxygen atoms in total. The van der Waals surface area contributed by atoms with Gasteiger partial charge >= 0.3 is 0 Å². The van der Waals surface area contributed by atoms with Crippen LogP contribution < -0.4 is 5.32 Å². The van der Waals surface area contributed by atoms with E-state index in [1.807, 2.05) is 7.05 Å². The van der Waals surface area contributed by atoms with Gasteiger partial charge in [0.2, 0.25) is 11.8 Å². The molecular weight excluding hydrogens is 284 g/mol. The number of piperidine rings is 1. The summed E-state index contributed by atoms with van der Waals surface area (Å²) in [5.41, 5.74) is 0.985. The van der Waals surface area contributed by atoms with Gasteiger partial charge in [0.05, 0.1) is 13.2 Å². The van der Waals surface area contributed by atoms with Gasteiger partial charge in [0.25, 0.3) is 0 Å². The van der Waals surface area contributed by atoms with E-state index >= 15 is 0 Å². The SMILES string of the molecule is COCCOCC(=O)NCC12CCCC=C1N(C)C(=O)CC2. The lowest BCUT2D eigenvalue weighted by Crippen LogP contribution is -2.49. The molecule has 2 amide bonds. The molecule has 0 bridgehead atoms. The first kappa shape index (κ1) is 17.0.